The van der Waals surface area contributed by atoms with E-state index in [0.29, 0.717) is 5.56 Å². The Balaban J connectivity index is 2.00. The maximum Gasteiger partial charge on any atom is 0.253 e. The molecule has 4 heteroatoms. The fourth-order valence-electron chi connectivity index (χ4n) is 1.75. The van der Waals surface area contributed by atoms with E-state index >= 15 is 0 Å². The average molecular weight is 218 g/mol. The molecule has 0 fully saturated rings. The van der Waals surface area contributed by atoms with Gasteiger partial charge in [-0.25, -0.2) is 0 Å². The van der Waals surface area contributed by atoms with Gasteiger partial charge in [-0.05, 0) is 25.3 Å². The minimum absolute atomic E-state index is 0.0104. The first-order chi connectivity index (χ1) is 7.75. The third-order valence-electron chi connectivity index (χ3n) is 2.59. The van der Waals surface area contributed by atoms with Gasteiger partial charge in [-0.3, -0.25) is 9.78 Å². The van der Waals surface area contributed by atoms with Gasteiger partial charge >= 0.3 is 0 Å². The molecule has 1 heterocycles. The molecule has 16 heavy (non-hydrogen) atoms. The molecule has 0 saturated carbocycles. The average Bonchev–Trinajstić information content (AvgIpc) is 2.30. The summed E-state index contributed by atoms with van der Waals surface area (Å²) in [6.07, 6.45) is 9.80. The molecule has 2 N–H and O–H groups in total. The van der Waals surface area contributed by atoms with Crippen LogP contribution in [0.4, 0.5) is 0 Å². The van der Waals surface area contributed by atoms with Gasteiger partial charge in [0, 0.05) is 12.2 Å². The zero-order valence-corrected chi connectivity index (χ0v) is 8.89. The highest BCUT2D eigenvalue weighted by Crippen LogP contribution is 2.13. The van der Waals surface area contributed by atoms with Gasteiger partial charge in [0.15, 0.2) is 0 Å². The van der Waals surface area contributed by atoms with Crippen LogP contribution in [0.1, 0.15) is 29.6 Å². The van der Waals surface area contributed by atoms with E-state index in [0.717, 1.165) is 19.3 Å². The molecule has 1 amide bonds. The minimum Gasteiger partial charge on any atom is -0.506 e. The van der Waals surface area contributed by atoms with Crippen molar-refractivity contribution in [2.75, 3.05) is 0 Å². The number of rotatable bonds is 2. The zero-order valence-electron chi connectivity index (χ0n) is 8.89. The Labute approximate surface area is 94.0 Å². The van der Waals surface area contributed by atoms with Crippen LogP contribution in [0, 0.1) is 0 Å². The highest BCUT2D eigenvalue weighted by atomic mass is 16.3. The summed E-state index contributed by atoms with van der Waals surface area (Å²) in [4.78, 5) is 15.6. The van der Waals surface area contributed by atoms with E-state index in [4.69, 9.17) is 0 Å². The SMILES string of the molecule is O=C(NC1CC=CCC1)c1cncc(O)c1. The molecule has 4 nitrogen and oxygen atoms in total. The Morgan fingerprint density at radius 3 is 3.00 bits per heavy atom. The fraction of sp³-hybridized carbons (Fsp3) is 0.333. The van der Waals surface area contributed by atoms with E-state index in [-0.39, 0.29) is 17.7 Å². The van der Waals surface area contributed by atoms with Gasteiger partial charge in [0.1, 0.15) is 5.75 Å². The maximum absolute atomic E-state index is 11.8. The second kappa shape index (κ2) is 4.79. The Morgan fingerprint density at radius 1 is 1.44 bits per heavy atom. The summed E-state index contributed by atoms with van der Waals surface area (Å²) in [6.45, 7) is 0. The Bertz CT molecular complexity index is 415. The lowest BCUT2D eigenvalue weighted by Crippen LogP contribution is -2.35. The lowest BCUT2D eigenvalue weighted by atomic mass is 10.0. The number of aromatic nitrogens is 1. The number of hydrogen-bond acceptors (Lipinski definition) is 3. The van der Waals surface area contributed by atoms with Gasteiger partial charge in [-0.15, -0.1) is 0 Å². The molecule has 0 aliphatic heterocycles. The minimum atomic E-state index is -0.177. The number of hydrogen-bond donors (Lipinski definition) is 2. The predicted molar refractivity (Wildman–Crippen MR) is 60.1 cm³/mol. The van der Waals surface area contributed by atoms with E-state index in [1.807, 2.05) is 0 Å². The summed E-state index contributed by atoms with van der Waals surface area (Å²) in [5.41, 5.74) is 0.398. The van der Waals surface area contributed by atoms with Gasteiger partial charge in [0.2, 0.25) is 0 Å². The summed E-state index contributed by atoms with van der Waals surface area (Å²) in [7, 11) is 0. The standard InChI is InChI=1S/C12H14N2O2/c15-11-6-9(7-13-8-11)12(16)14-10-4-2-1-3-5-10/h1-2,6-8,10,15H,3-5H2,(H,14,16). The highest BCUT2D eigenvalue weighted by molar-refractivity contribution is 5.94. The summed E-state index contributed by atoms with van der Waals surface area (Å²) in [5.74, 6) is -0.167. The third kappa shape index (κ3) is 2.59. The second-order valence-electron chi connectivity index (χ2n) is 3.89. The number of carbonyl (C=O) groups is 1. The second-order valence-corrected chi connectivity index (χ2v) is 3.89. The molecule has 1 aromatic heterocycles. The molecule has 1 aromatic rings. The molecule has 1 atom stereocenters. The van der Waals surface area contributed by atoms with Gasteiger partial charge < -0.3 is 10.4 Å². The van der Waals surface area contributed by atoms with Crippen LogP contribution in [-0.2, 0) is 0 Å². The molecule has 2 rings (SSSR count). The number of nitrogens with zero attached hydrogens (tertiary/aromatic N) is 1. The molecule has 84 valence electrons. The number of pyridine rings is 1. The van der Waals surface area contributed by atoms with Gasteiger partial charge in [-0.2, -0.15) is 0 Å². The van der Waals surface area contributed by atoms with Crippen LogP contribution in [0.3, 0.4) is 0 Å². The van der Waals surface area contributed by atoms with E-state index < -0.39 is 0 Å². The van der Waals surface area contributed by atoms with Crippen LogP contribution in [0.5, 0.6) is 5.75 Å². The molecule has 0 spiro atoms. The van der Waals surface area contributed by atoms with Crippen LogP contribution < -0.4 is 5.32 Å². The summed E-state index contributed by atoms with van der Waals surface area (Å²) in [5, 5.41) is 12.1. The van der Waals surface area contributed by atoms with Crippen molar-refractivity contribution >= 4 is 5.91 Å². The van der Waals surface area contributed by atoms with Crippen LogP contribution in [0.15, 0.2) is 30.6 Å². The molecule has 1 unspecified atom stereocenters. The van der Waals surface area contributed by atoms with Crippen LogP contribution >= 0.6 is 0 Å². The van der Waals surface area contributed by atoms with Crippen molar-refractivity contribution in [2.24, 2.45) is 0 Å². The Morgan fingerprint density at radius 2 is 2.31 bits per heavy atom. The number of carbonyl (C=O) groups excluding carboxylic acids is 1. The predicted octanol–water partition coefficient (Wildman–Crippen LogP) is 1.63. The van der Waals surface area contributed by atoms with Crippen molar-refractivity contribution in [3.63, 3.8) is 0 Å². The molecule has 0 bridgehead atoms. The van der Waals surface area contributed by atoms with Gasteiger partial charge in [0.25, 0.3) is 5.91 Å². The number of allylic oxidation sites excluding steroid dienone is 1. The van der Waals surface area contributed by atoms with E-state index in [1.54, 1.807) is 0 Å². The molecule has 0 radical (unpaired) electrons. The van der Waals surface area contributed by atoms with Crippen molar-refractivity contribution in [3.05, 3.63) is 36.2 Å². The molecule has 0 saturated heterocycles. The summed E-state index contributed by atoms with van der Waals surface area (Å²) >= 11 is 0. The largest absolute Gasteiger partial charge is 0.506 e. The first kappa shape index (κ1) is 10.7. The van der Waals surface area contributed by atoms with E-state index in [1.165, 1.54) is 18.5 Å². The van der Waals surface area contributed by atoms with Crippen LogP contribution in [0.2, 0.25) is 0 Å². The molecular weight excluding hydrogens is 204 g/mol. The summed E-state index contributed by atoms with van der Waals surface area (Å²) in [6, 6.07) is 1.61. The number of nitrogens with one attached hydrogen (secondary N) is 1. The van der Waals surface area contributed by atoms with Crippen molar-refractivity contribution < 1.29 is 9.90 Å². The van der Waals surface area contributed by atoms with Gasteiger partial charge in [0.05, 0.1) is 11.8 Å². The first-order valence-electron chi connectivity index (χ1n) is 5.35. The lowest BCUT2D eigenvalue weighted by Gasteiger charge is -2.19. The molecular formula is C12H14N2O2. The first-order valence-corrected chi connectivity index (χ1v) is 5.35. The summed E-state index contributed by atoms with van der Waals surface area (Å²) < 4.78 is 0. The van der Waals surface area contributed by atoms with E-state index in [9.17, 15) is 9.90 Å². The Hall–Kier alpha value is -1.84. The number of aromatic hydroxyl groups is 1. The number of amides is 1. The normalized spacial score (nSPS) is 19.4. The van der Waals surface area contributed by atoms with Crippen molar-refractivity contribution in [2.45, 2.75) is 25.3 Å². The molecule has 0 aromatic carbocycles. The Kier molecular flexibility index (Phi) is 3.19. The monoisotopic (exact) mass is 218 g/mol. The zero-order chi connectivity index (χ0) is 11.4. The van der Waals surface area contributed by atoms with E-state index in [2.05, 4.69) is 22.5 Å². The quantitative estimate of drug-likeness (QED) is 0.741. The smallest absolute Gasteiger partial charge is 0.253 e. The maximum atomic E-state index is 11.8. The fourth-order valence-corrected chi connectivity index (χ4v) is 1.75. The van der Waals surface area contributed by atoms with Crippen LogP contribution in [-0.4, -0.2) is 22.0 Å². The molecule has 1 aliphatic rings. The van der Waals surface area contributed by atoms with Crippen molar-refractivity contribution in [1.29, 1.82) is 0 Å². The van der Waals surface area contributed by atoms with Crippen LogP contribution in [0.25, 0.3) is 0 Å². The highest BCUT2D eigenvalue weighted by Gasteiger charge is 2.14. The lowest BCUT2D eigenvalue weighted by molar-refractivity contribution is 0.0934. The third-order valence-corrected chi connectivity index (χ3v) is 2.59. The molecule has 1 aliphatic carbocycles. The van der Waals surface area contributed by atoms with Crippen molar-refractivity contribution in [3.8, 4) is 5.75 Å². The van der Waals surface area contributed by atoms with Crippen molar-refractivity contribution in [1.82, 2.24) is 10.3 Å². The van der Waals surface area contributed by atoms with Gasteiger partial charge in [-0.1, -0.05) is 12.2 Å². The topological polar surface area (TPSA) is 62.2 Å².